The van der Waals surface area contributed by atoms with E-state index in [9.17, 15) is 4.79 Å². The van der Waals surface area contributed by atoms with Crippen LogP contribution in [0.4, 0.5) is 17.5 Å². The van der Waals surface area contributed by atoms with E-state index in [1.807, 2.05) is 17.0 Å². The van der Waals surface area contributed by atoms with Crippen molar-refractivity contribution in [3.63, 3.8) is 0 Å². The maximum Gasteiger partial charge on any atom is 0.246 e. The van der Waals surface area contributed by atoms with Crippen molar-refractivity contribution in [3.05, 3.63) is 65.3 Å². The molecule has 2 saturated heterocycles. The number of likely N-dealkylation sites (N-methyl/N-ethyl adjacent to an activating group) is 1. The van der Waals surface area contributed by atoms with Gasteiger partial charge in [0.05, 0.1) is 10.7 Å². The van der Waals surface area contributed by atoms with E-state index in [0.717, 1.165) is 85.4 Å². The molecule has 0 bridgehead atoms. The Hall–Kier alpha value is -3.36. The maximum atomic E-state index is 12.4. The highest BCUT2D eigenvalue weighted by atomic mass is 35.5. The Labute approximate surface area is 241 Å². The standard InChI is InChI=1S/C31H38ClN7O/c1-5-28(40)39-17-16-37(18-21(39)2)30-24-12-14-36(27-11-7-9-22-8-6-10-25(32)29(22)27)15-13-26(24)33-31(34-30)38-19-23(20-38)35(3)4/h5-11,21,23H,1,12-20H2,2-4H3/t21-/m1/s1. The number of nitrogens with zero attached hydrogens (tertiary/aromatic N) is 7. The van der Waals surface area contributed by atoms with Gasteiger partial charge in [-0.2, -0.15) is 4.98 Å². The van der Waals surface area contributed by atoms with Crippen molar-refractivity contribution in [2.75, 3.05) is 74.6 Å². The average molecular weight is 560 g/mol. The van der Waals surface area contributed by atoms with Crippen molar-refractivity contribution in [2.24, 2.45) is 0 Å². The summed E-state index contributed by atoms with van der Waals surface area (Å²) in [5.74, 6) is 1.85. The number of aromatic nitrogens is 2. The number of hydrogen-bond acceptors (Lipinski definition) is 7. The zero-order valence-corrected chi connectivity index (χ0v) is 24.4. The molecule has 0 radical (unpaired) electrons. The molecule has 9 heteroatoms. The van der Waals surface area contributed by atoms with Gasteiger partial charge in [-0.3, -0.25) is 4.79 Å². The first-order valence-electron chi connectivity index (χ1n) is 14.3. The molecule has 8 nitrogen and oxygen atoms in total. The molecule has 2 fully saturated rings. The van der Waals surface area contributed by atoms with Crippen LogP contribution in [0, 0.1) is 0 Å². The van der Waals surface area contributed by atoms with E-state index in [4.69, 9.17) is 21.6 Å². The van der Waals surface area contributed by atoms with Gasteiger partial charge in [0.15, 0.2) is 0 Å². The number of hydrogen-bond donors (Lipinski definition) is 0. The van der Waals surface area contributed by atoms with Crippen LogP contribution in [0.25, 0.3) is 10.8 Å². The summed E-state index contributed by atoms with van der Waals surface area (Å²) in [5.41, 5.74) is 3.55. The summed E-state index contributed by atoms with van der Waals surface area (Å²) in [6.07, 6.45) is 3.11. The molecular weight excluding hydrogens is 522 g/mol. The van der Waals surface area contributed by atoms with E-state index < -0.39 is 0 Å². The van der Waals surface area contributed by atoms with Crippen molar-refractivity contribution in [3.8, 4) is 0 Å². The van der Waals surface area contributed by atoms with Gasteiger partial charge in [-0.1, -0.05) is 42.4 Å². The number of halogens is 1. The number of piperazine rings is 1. The van der Waals surface area contributed by atoms with Gasteiger partial charge in [-0.15, -0.1) is 0 Å². The molecule has 3 aliphatic heterocycles. The van der Waals surface area contributed by atoms with Crippen LogP contribution in [0.2, 0.25) is 5.02 Å². The Bertz CT molecular complexity index is 1430. The molecule has 0 N–H and O–H groups in total. The number of benzene rings is 2. The topological polar surface area (TPSA) is 59.1 Å². The Morgan fingerprint density at radius 1 is 0.975 bits per heavy atom. The SMILES string of the molecule is C=CC(=O)N1CCN(c2nc(N3CC(N(C)C)C3)nc3c2CCN(c2cccc4cccc(Cl)c24)CC3)C[C@H]1C. The molecule has 0 aliphatic carbocycles. The van der Waals surface area contributed by atoms with E-state index in [2.05, 4.69) is 71.5 Å². The second-order valence-corrected chi connectivity index (χ2v) is 11.8. The lowest BCUT2D eigenvalue weighted by Crippen LogP contribution is -2.58. The summed E-state index contributed by atoms with van der Waals surface area (Å²) in [7, 11) is 4.26. The monoisotopic (exact) mass is 559 g/mol. The molecule has 40 heavy (non-hydrogen) atoms. The molecule has 6 rings (SSSR count). The normalized spacial score (nSPS) is 20.0. The van der Waals surface area contributed by atoms with Crippen molar-refractivity contribution >= 4 is 45.7 Å². The minimum atomic E-state index is -0.00551. The van der Waals surface area contributed by atoms with E-state index in [-0.39, 0.29) is 11.9 Å². The van der Waals surface area contributed by atoms with Crippen molar-refractivity contribution in [1.29, 1.82) is 0 Å². The van der Waals surface area contributed by atoms with Crippen LogP contribution in [0.5, 0.6) is 0 Å². The van der Waals surface area contributed by atoms with Gasteiger partial charge >= 0.3 is 0 Å². The molecule has 0 unspecified atom stereocenters. The number of rotatable bonds is 5. The first-order valence-corrected chi connectivity index (χ1v) is 14.6. The van der Waals surface area contributed by atoms with Gasteiger partial charge in [0.1, 0.15) is 5.82 Å². The second-order valence-electron chi connectivity index (χ2n) is 11.4. The lowest BCUT2D eigenvalue weighted by atomic mass is 10.1. The van der Waals surface area contributed by atoms with Gasteiger partial charge < -0.3 is 24.5 Å². The highest BCUT2D eigenvalue weighted by Crippen LogP contribution is 2.36. The first-order chi connectivity index (χ1) is 19.3. The highest BCUT2D eigenvalue weighted by Gasteiger charge is 2.34. The van der Waals surface area contributed by atoms with E-state index in [1.165, 1.54) is 17.3 Å². The van der Waals surface area contributed by atoms with E-state index >= 15 is 0 Å². The number of carbonyl (C=O) groups is 1. The molecule has 210 valence electrons. The molecule has 3 aliphatic rings. The molecule has 1 atom stereocenters. The molecule has 0 saturated carbocycles. The van der Waals surface area contributed by atoms with Gasteiger partial charge in [-0.05, 0) is 51.0 Å². The molecule has 4 heterocycles. The predicted octanol–water partition coefficient (Wildman–Crippen LogP) is 3.86. The zero-order chi connectivity index (χ0) is 28.0. The number of fused-ring (bicyclic) bond motifs is 2. The number of anilines is 3. The molecule has 2 aromatic carbocycles. The first kappa shape index (κ1) is 26.8. The third kappa shape index (κ3) is 4.88. The lowest BCUT2D eigenvalue weighted by Gasteiger charge is -2.44. The average Bonchev–Trinajstić information content (AvgIpc) is 3.14. The van der Waals surface area contributed by atoms with Crippen molar-refractivity contribution in [2.45, 2.75) is 31.8 Å². The molecule has 1 aromatic heterocycles. The van der Waals surface area contributed by atoms with Gasteiger partial charge in [-0.25, -0.2) is 4.98 Å². The Kier molecular flexibility index (Phi) is 7.31. The van der Waals surface area contributed by atoms with Gasteiger partial charge in [0, 0.05) is 81.0 Å². The van der Waals surface area contributed by atoms with Crippen molar-refractivity contribution in [1.82, 2.24) is 19.8 Å². The highest BCUT2D eigenvalue weighted by molar-refractivity contribution is 6.36. The Balaban J connectivity index is 1.33. The van der Waals surface area contributed by atoms with Crippen LogP contribution < -0.4 is 14.7 Å². The lowest BCUT2D eigenvalue weighted by molar-refractivity contribution is -0.128. The van der Waals surface area contributed by atoms with Crippen LogP contribution in [-0.4, -0.2) is 97.7 Å². The molecular formula is C31H38ClN7O. The summed E-state index contributed by atoms with van der Waals surface area (Å²) < 4.78 is 0. The number of amides is 1. The maximum absolute atomic E-state index is 12.4. The minimum Gasteiger partial charge on any atom is -0.370 e. The number of carbonyl (C=O) groups excluding carboxylic acids is 1. The quantitative estimate of drug-likeness (QED) is 0.440. The van der Waals surface area contributed by atoms with E-state index in [0.29, 0.717) is 12.6 Å². The summed E-state index contributed by atoms with van der Waals surface area (Å²) >= 11 is 6.71. The third-order valence-electron chi connectivity index (χ3n) is 8.74. The third-order valence-corrected chi connectivity index (χ3v) is 9.06. The fourth-order valence-electron chi connectivity index (χ4n) is 6.29. The van der Waals surface area contributed by atoms with Crippen LogP contribution in [0.3, 0.4) is 0 Å². The zero-order valence-electron chi connectivity index (χ0n) is 23.7. The van der Waals surface area contributed by atoms with Crippen LogP contribution in [-0.2, 0) is 17.6 Å². The molecule has 0 spiro atoms. The van der Waals surface area contributed by atoms with Gasteiger partial charge in [0.2, 0.25) is 11.9 Å². The summed E-state index contributed by atoms with van der Waals surface area (Å²) in [6.45, 7) is 11.5. The van der Waals surface area contributed by atoms with E-state index in [1.54, 1.807) is 0 Å². The fourth-order valence-corrected chi connectivity index (χ4v) is 6.57. The largest absolute Gasteiger partial charge is 0.370 e. The van der Waals surface area contributed by atoms with Crippen molar-refractivity contribution < 1.29 is 4.79 Å². The second kappa shape index (κ2) is 10.9. The Morgan fingerprint density at radius 2 is 1.73 bits per heavy atom. The van der Waals surface area contributed by atoms with Gasteiger partial charge in [0.25, 0.3) is 0 Å². The molecule has 1 amide bonds. The van der Waals surface area contributed by atoms with Crippen LogP contribution in [0.15, 0.2) is 49.1 Å². The summed E-state index contributed by atoms with van der Waals surface area (Å²) in [6, 6.07) is 13.1. The smallest absolute Gasteiger partial charge is 0.246 e. The van der Waals surface area contributed by atoms with Crippen LogP contribution >= 0.6 is 11.6 Å². The summed E-state index contributed by atoms with van der Waals surface area (Å²) in [4.78, 5) is 34.1. The minimum absolute atomic E-state index is 0.00551. The predicted molar refractivity (Wildman–Crippen MR) is 164 cm³/mol. The summed E-state index contributed by atoms with van der Waals surface area (Å²) in [5, 5.41) is 3.05. The molecule has 3 aromatic rings. The van der Waals surface area contributed by atoms with Crippen LogP contribution in [0.1, 0.15) is 18.2 Å². The Morgan fingerprint density at radius 3 is 2.45 bits per heavy atom. The fraction of sp³-hybridized carbons (Fsp3) is 0.452.